The van der Waals surface area contributed by atoms with Crippen LogP contribution >= 0.6 is 0 Å². The largest absolute Gasteiger partial charge is 0.493 e. The van der Waals surface area contributed by atoms with Crippen LogP contribution in [0.2, 0.25) is 0 Å². The van der Waals surface area contributed by atoms with Gasteiger partial charge >= 0.3 is 6.03 Å². The predicted molar refractivity (Wildman–Crippen MR) is 33.5 cm³/mol. The Kier molecular flexibility index (Phi) is 1.44. The first-order chi connectivity index (χ1) is 4.68. The van der Waals surface area contributed by atoms with E-state index in [1.165, 1.54) is 0 Å². The summed E-state index contributed by atoms with van der Waals surface area (Å²) in [5.74, 6) is 0.00810. The number of primary amides is 1. The number of H-pyrrole nitrogens is 1. The Morgan fingerprint density at radius 1 is 1.90 bits per heavy atom. The van der Waals surface area contributed by atoms with Crippen molar-refractivity contribution in [3.05, 3.63) is 6.20 Å². The third-order valence-electron chi connectivity index (χ3n) is 0.804. The maximum absolute atomic E-state index is 10.1. The molecule has 0 atom stereocenters. The highest BCUT2D eigenvalue weighted by Gasteiger charge is 1.98. The fourth-order valence-electron chi connectivity index (χ4n) is 0.492. The lowest BCUT2D eigenvalue weighted by molar-refractivity contribution is 0.259. The number of hydrogen-bond donors (Lipinski definition) is 4. The van der Waals surface area contributed by atoms with Crippen LogP contribution < -0.4 is 11.1 Å². The molecule has 1 rings (SSSR count). The molecule has 1 heterocycles. The minimum absolute atomic E-state index is 0.122. The van der Waals surface area contributed by atoms with E-state index in [1.807, 2.05) is 0 Å². The van der Waals surface area contributed by atoms with Crippen LogP contribution in [0.5, 0.6) is 5.88 Å². The zero-order valence-corrected chi connectivity index (χ0v) is 4.96. The Bertz CT molecular complexity index is 243. The van der Waals surface area contributed by atoms with Crippen molar-refractivity contribution in [3.63, 3.8) is 0 Å². The number of nitrogens with one attached hydrogen (secondary N) is 2. The lowest BCUT2D eigenvalue weighted by Gasteiger charge is -1.92. The standard InChI is InChI=1S/C4H6N4O2/c5-3(10)8-4-6-1-2(9)7-4/h1,9H,(H4,5,6,7,8,10). The van der Waals surface area contributed by atoms with E-state index in [2.05, 4.69) is 15.3 Å². The smallest absolute Gasteiger partial charge is 0.318 e. The van der Waals surface area contributed by atoms with Gasteiger partial charge in [0, 0.05) is 0 Å². The number of nitrogens with zero attached hydrogens (tertiary/aromatic N) is 1. The summed E-state index contributed by atoms with van der Waals surface area (Å²) in [5, 5.41) is 10.8. The molecule has 1 aromatic heterocycles. The third-order valence-corrected chi connectivity index (χ3v) is 0.804. The fraction of sp³-hybridized carbons (Fsp3) is 0. The third kappa shape index (κ3) is 1.38. The first-order valence-corrected chi connectivity index (χ1v) is 2.49. The zero-order chi connectivity index (χ0) is 7.56. The number of carbonyl (C=O) groups excluding carboxylic acids is 1. The van der Waals surface area contributed by atoms with E-state index in [0.29, 0.717) is 0 Å². The summed E-state index contributed by atoms with van der Waals surface area (Å²) in [7, 11) is 0. The van der Waals surface area contributed by atoms with Crippen molar-refractivity contribution in [3.8, 4) is 5.88 Å². The van der Waals surface area contributed by atoms with Crippen molar-refractivity contribution >= 4 is 12.0 Å². The van der Waals surface area contributed by atoms with E-state index in [9.17, 15) is 4.79 Å². The van der Waals surface area contributed by atoms with Gasteiger partial charge in [0.05, 0.1) is 6.20 Å². The Morgan fingerprint density at radius 2 is 2.60 bits per heavy atom. The first kappa shape index (κ1) is 6.40. The van der Waals surface area contributed by atoms with E-state index < -0.39 is 6.03 Å². The topological polar surface area (TPSA) is 104 Å². The van der Waals surface area contributed by atoms with Gasteiger partial charge < -0.3 is 10.8 Å². The quantitative estimate of drug-likeness (QED) is 0.429. The highest BCUT2D eigenvalue weighted by Crippen LogP contribution is 2.05. The van der Waals surface area contributed by atoms with E-state index >= 15 is 0 Å². The summed E-state index contributed by atoms with van der Waals surface area (Å²) in [4.78, 5) is 16.0. The van der Waals surface area contributed by atoms with Gasteiger partial charge in [-0.15, -0.1) is 0 Å². The highest BCUT2D eigenvalue weighted by molar-refractivity contribution is 5.85. The second-order valence-electron chi connectivity index (χ2n) is 1.61. The zero-order valence-electron chi connectivity index (χ0n) is 4.96. The van der Waals surface area contributed by atoms with Crippen molar-refractivity contribution < 1.29 is 9.90 Å². The summed E-state index contributed by atoms with van der Waals surface area (Å²) in [6.07, 6.45) is 1.16. The molecule has 2 amide bonds. The van der Waals surface area contributed by atoms with Crippen LogP contribution in [0.3, 0.4) is 0 Å². The number of anilines is 1. The van der Waals surface area contributed by atoms with E-state index in [4.69, 9.17) is 10.8 Å². The number of aromatic amines is 1. The number of aromatic nitrogens is 2. The monoisotopic (exact) mass is 142 g/mol. The van der Waals surface area contributed by atoms with Crippen molar-refractivity contribution in [2.45, 2.75) is 0 Å². The molecule has 0 saturated carbocycles. The van der Waals surface area contributed by atoms with Gasteiger partial charge in [-0.1, -0.05) is 0 Å². The molecule has 0 aromatic carbocycles. The van der Waals surface area contributed by atoms with Gasteiger partial charge in [0.2, 0.25) is 11.8 Å². The predicted octanol–water partition coefficient (Wildman–Crippen LogP) is -0.394. The molecule has 0 aliphatic heterocycles. The molecule has 5 N–H and O–H groups in total. The van der Waals surface area contributed by atoms with Crippen molar-refractivity contribution in [2.75, 3.05) is 5.32 Å². The molecule has 10 heavy (non-hydrogen) atoms. The van der Waals surface area contributed by atoms with E-state index in [1.54, 1.807) is 0 Å². The molecule has 0 radical (unpaired) electrons. The molecular weight excluding hydrogens is 136 g/mol. The van der Waals surface area contributed by atoms with Gasteiger partial charge in [-0.05, 0) is 0 Å². The summed E-state index contributed by atoms with van der Waals surface area (Å²) in [6.45, 7) is 0. The number of carbonyl (C=O) groups is 1. The second kappa shape index (κ2) is 2.26. The number of nitrogens with two attached hydrogens (primary N) is 1. The number of aromatic hydroxyl groups is 1. The molecule has 0 unspecified atom stereocenters. The maximum Gasteiger partial charge on any atom is 0.318 e. The normalized spacial score (nSPS) is 9.20. The Morgan fingerprint density at radius 3 is 3.00 bits per heavy atom. The Labute approximate surface area is 56.1 Å². The molecule has 54 valence electrons. The van der Waals surface area contributed by atoms with E-state index in [-0.39, 0.29) is 11.8 Å². The average Bonchev–Trinajstić information content (AvgIpc) is 2.13. The molecule has 6 nitrogen and oxygen atoms in total. The van der Waals surface area contributed by atoms with Crippen LogP contribution in [-0.4, -0.2) is 21.1 Å². The summed E-state index contributed by atoms with van der Waals surface area (Å²) < 4.78 is 0. The lowest BCUT2D eigenvalue weighted by atomic mass is 10.9. The van der Waals surface area contributed by atoms with Gasteiger partial charge in [-0.3, -0.25) is 10.3 Å². The van der Waals surface area contributed by atoms with Gasteiger partial charge in [0.15, 0.2) is 0 Å². The summed E-state index contributed by atoms with van der Waals surface area (Å²) in [6, 6.07) is -0.727. The Hall–Kier alpha value is -1.72. The van der Waals surface area contributed by atoms with Gasteiger partial charge in [0.25, 0.3) is 0 Å². The van der Waals surface area contributed by atoms with Crippen molar-refractivity contribution in [2.24, 2.45) is 5.73 Å². The van der Waals surface area contributed by atoms with Crippen LogP contribution in [0.1, 0.15) is 0 Å². The second-order valence-corrected chi connectivity index (χ2v) is 1.61. The summed E-state index contributed by atoms with van der Waals surface area (Å²) >= 11 is 0. The SMILES string of the molecule is NC(=O)Nc1ncc(O)[nH]1. The number of imidazole rings is 1. The van der Waals surface area contributed by atoms with Gasteiger partial charge in [0.1, 0.15) is 0 Å². The number of rotatable bonds is 1. The van der Waals surface area contributed by atoms with Crippen LogP contribution in [-0.2, 0) is 0 Å². The molecule has 1 aromatic rings. The van der Waals surface area contributed by atoms with E-state index in [0.717, 1.165) is 6.20 Å². The molecule has 0 bridgehead atoms. The van der Waals surface area contributed by atoms with Gasteiger partial charge in [-0.25, -0.2) is 9.78 Å². The minimum Gasteiger partial charge on any atom is -0.493 e. The fourth-order valence-corrected chi connectivity index (χ4v) is 0.492. The highest BCUT2D eigenvalue weighted by atomic mass is 16.3. The van der Waals surface area contributed by atoms with Gasteiger partial charge in [-0.2, -0.15) is 0 Å². The molecule has 0 aliphatic rings. The maximum atomic E-state index is 10.1. The number of urea groups is 1. The molecule has 6 heteroatoms. The van der Waals surface area contributed by atoms with Crippen molar-refractivity contribution in [1.82, 2.24) is 9.97 Å². The Balaban J connectivity index is 2.67. The molecule has 0 aliphatic carbocycles. The molecule has 0 fully saturated rings. The molecule has 0 saturated heterocycles. The lowest BCUT2D eigenvalue weighted by Crippen LogP contribution is -2.19. The van der Waals surface area contributed by atoms with Crippen LogP contribution in [0.15, 0.2) is 6.20 Å². The molecular formula is C4H6N4O2. The first-order valence-electron chi connectivity index (χ1n) is 2.49. The van der Waals surface area contributed by atoms with Crippen LogP contribution in [0.4, 0.5) is 10.7 Å². The number of hydrogen-bond acceptors (Lipinski definition) is 3. The summed E-state index contributed by atoms with van der Waals surface area (Å²) in [5.41, 5.74) is 4.74. The minimum atomic E-state index is -0.727. The number of amides is 2. The molecule has 0 spiro atoms. The van der Waals surface area contributed by atoms with Crippen LogP contribution in [0, 0.1) is 0 Å². The van der Waals surface area contributed by atoms with Crippen LogP contribution in [0.25, 0.3) is 0 Å². The van der Waals surface area contributed by atoms with Crippen molar-refractivity contribution in [1.29, 1.82) is 0 Å². The average molecular weight is 142 g/mol.